The molecule has 1 aromatic carbocycles. The van der Waals surface area contributed by atoms with Crippen LogP contribution in [0.15, 0.2) is 55.1 Å². The molecule has 1 aliphatic rings. The zero-order valence-electron chi connectivity index (χ0n) is 13.0. The lowest BCUT2D eigenvalue weighted by Gasteiger charge is -2.07. The van der Waals surface area contributed by atoms with Gasteiger partial charge < -0.3 is 14.8 Å². The highest BCUT2D eigenvalue weighted by molar-refractivity contribution is 5.89. The summed E-state index contributed by atoms with van der Waals surface area (Å²) in [5.41, 5.74) is 1.52. The fourth-order valence-corrected chi connectivity index (χ4v) is 2.70. The summed E-state index contributed by atoms with van der Waals surface area (Å²) in [5, 5.41) is 8.47. The third-order valence-electron chi connectivity index (χ3n) is 3.87. The molecule has 8 heteroatoms. The van der Waals surface area contributed by atoms with Gasteiger partial charge in [-0.1, -0.05) is 6.07 Å². The van der Waals surface area contributed by atoms with Gasteiger partial charge in [0.1, 0.15) is 12.1 Å². The summed E-state index contributed by atoms with van der Waals surface area (Å²) in [5.74, 6) is 2.80. The van der Waals surface area contributed by atoms with Gasteiger partial charge in [-0.15, -0.1) is 0 Å². The van der Waals surface area contributed by atoms with E-state index in [2.05, 4.69) is 25.4 Å². The Kier molecular flexibility index (Phi) is 2.99. The molecule has 0 amide bonds. The maximum absolute atomic E-state index is 5.41. The quantitative estimate of drug-likeness (QED) is 0.617. The molecule has 0 bridgehead atoms. The lowest BCUT2D eigenvalue weighted by atomic mass is 10.2. The molecule has 4 aromatic rings. The largest absolute Gasteiger partial charge is 0.454 e. The number of nitrogens with one attached hydrogen (secondary N) is 1. The monoisotopic (exact) mass is 332 g/mol. The lowest BCUT2D eigenvalue weighted by molar-refractivity contribution is 0.174. The van der Waals surface area contributed by atoms with Crippen molar-refractivity contribution in [1.82, 2.24) is 24.7 Å². The zero-order valence-corrected chi connectivity index (χ0v) is 13.0. The van der Waals surface area contributed by atoms with Crippen LogP contribution in [0.5, 0.6) is 11.5 Å². The Hall–Kier alpha value is -3.68. The van der Waals surface area contributed by atoms with E-state index in [1.807, 2.05) is 36.4 Å². The fraction of sp³-hybridized carbons (Fsp3) is 0.0588. The van der Waals surface area contributed by atoms with Crippen molar-refractivity contribution < 1.29 is 9.47 Å². The van der Waals surface area contributed by atoms with Gasteiger partial charge in [0, 0.05) is 18.0 Å². The van der Waals surface area contributed by atoms with Gasteiger partial charge in [-0.05, 0) is 24.3 Å². The Labute approximate surface area is 142 Å². The van der Waals surface area contributed by atoms with E-state index in [1.165, 1.54) is 6.33 Å². The van der Waals surface area contributed by atoms with Crippen molar-refractivity contribution in [2.45, 2.75) is 0 Å². The van der Waals surface area contributed by atoms with E-state index in [9.17, 15) is 0 Å². The first-order chi connectivity index (χ1) is 12.4. The highest BCUT2D eigenvalue weighted by Gasteiger charge is 2.15. The highest BCUT2D eigenvalue weighted by atomic mass is 16.7. The van der Waals surface area contributed by atoms with Crippen molar-refractivity contribution in [2.75, 3.05) is 12.1 Å². The third kappa shape index (κ3) is 2.31. The molecule has 0 aliphatic carbocycles. The Morgan fingerprint density at radius 3 is 2.88 bits per heavy atom. The van der Waals surface area contributed by atoms with Crippen LogP contribution in [-0.2, 0) is 0 Å². The van der Waals surface area contributed by atoms with Crippen LogP contribution in [0.2, 0.25) is 0 Å². The lowest BCUT2D eigenvalue weighted by Crippen LogP contribution is -2.01. The summed E-state index contributed by atoms with van der Waals surface area (Å²) in [7, 11) is 0. The second-order valence-electron chi connectivity index (χ2n) is 5.40. The third-order valence-corrected chi connectivity index (χ3v) is 3.87. The molecule has 0 atom stereocenters. The van der Waals surface area contributed by atoms with Gasteiger partial charge in [0.05, 0.1) is 11.6 Å². The molecule has 1 N–H and O–H groups in total. The molecule has 8 nitrogen and oxygen atoms in total. The molecule has 0 unspecified atom stereocenters. The first kappa shape index (κ1) is 13.7. The van der Waals surface area contributed by atoms with Gasteiger partial charge in [-0.25, -0.2) is 15.0 Å². The average Bonchev–Trinajstić information content (AvgIpc) is 3.29. The first-order valence-corrected chi connectivity index (χ1v) is 7.65. The predicted octanol–water partition coefficient (Wildman–Crippen LogP) is 2.68. The van der Waals surface area contributed by atoms with E-state index < -0.39 is 0 Å². The molecule has 5 rings (SSSR count). The predicted molar refractivity (Wildman–Crippen MR) is 90.3 cm³/mol. The average molecular weight is 332 g/mol. The van der Waals surface area contributed by atoms with Gasteiger partial charge in [0.2, 0.25) is 6.79 Å². The van der Waals surface area contributed by atoms with Crippen LogP contribution in [0.1, 0.15) is 0 Å². The van der Waals surface area contributed by atoms with Crippen LogP contribution in [-0.4, -0.2) is 31.5 Å². The number of aromatic nitrogens is 5. The number of pyridine rings is 1. The minimum atomic E-state index is 0.243. The maximum Gasteiger partial charge on any atom is 0.231 e. The molecule has 0 fully saturated rings. The SMILES string of the molecule is c1ccc(-n2ncc3c(Nc4ccc5c(c4)OCO5)ncnc32)nc1. The summed E-state index contributed by atoms with van der Waals surface area (Å²) in [6.45, 7) is 0.243. The molecule has 0 radical (unpaired) electrons. The fourth-order valence-electron chi connectivity index (χ4n) is 2.70. The summed E-state index contributed by atoms with van der Waals surface area (Å²) in [6.07, 6.45) is 4.94. The van der Waals surface area contributed by atoms with E-state index in [4.69, 9.17) is 9.47 Å². The number of hydrogen-bond acceptors (Lipinski definition) is 7. The normalized spacial score (nSPS) is 12.5. The van der Waals surface area contributed by atoms with Crippen LogP contribution in [0, 0.1) is 0 Å². The smallest absolute Gasteiger partial charge is 0.231 e. The van der Waals surface area contributed by atoms with Crippen LogP contribution < -0.4 is 14.8 Å². The zero-order chi connectivity index (χ0) is 16.6. The second kappa shape index (κ2) is 5.45. The molecule has 25 heavy (non-hydrogen) atoms. The van der Waals surface area contributed by atoms with Crippen molar-refractivity contribution in [3.63, 3.8) is 0 Å². The van der Waals surface area contributed by atoms with Gasteiger partial charge in [-0.2, -0.15) is 9.78 Å². The number of anilines is 2. The van der Waals surface area contributed by atoms with E-state index in [0.29, 0.717) is 23.0 Å². The molecule has 0 spiro atoms. The summed E-state index contributed by atoms with van der Waals surface area (Å²) >= 11 is 0. The molecule has 122 valence electrons. The van der Waals surface area contributed by atoms with Crippen molar-refractivity contribution in [3.8, 4) is 17.3 Å². The van der Waals surface area contributed by atoms with E-state index in [0.717, 1.165) is 16.8 Å². The Bertz CT molecular complexity index is 1060. The number of fused-ring (bicyclic) bond motifs is 2. The minimum Gasteiger partial charge on any atom is -0.454 e. The topological polar surface area (TPSA) is 87.0 Å². The van der Waals surface area contributed by atoms with E-state index in [1.54, 1.807) is 17.1 Å². The molecule has 1 aliphatic heterocycles. The summed E-state index contributed by atoms with van der Waals surface area (Å²) in [4.78, 5) is 13.0. The molecule has 4 heterocycles. The van der Waals surface area contributed by atoms with Crippen LogP contribution in [0.25, 0.3) is 16.9 Å². The van der Waals surface area contributed by atoms with Gasteiger partial charge >= 0.3 is 0 Å². The standard InChI is InChI=1S/C17H12N6O2/c1-2-6-18-15(3-1)23-17-12(8-21-23)16(19-9-20-17)22-11-4-5-13-14(7-11)25-10-24-13/h1-9H,10H2,(H,19,20,22). The molecule has 0 saturated carbocycles. The van der Waals surface area contributed by atoms with E-state index >= 15 is 0 Å². The van der Waals surface area contributed by atoms with Gasteiger partial charge in [-0.3, -0.25) is 0 Å². The number of ether oxygens (including phenoxy) is 2. The van der Waals surface area contributed by atoms with Crippen LogP contribution in [0.4, 0.5) is 11.5 Å². The molecular formula is C17H12N6O2. The number of benzene rings is 1. The number of rotatable bonds is 3. The summed E-state index contributed by atoms with van der Waals surface area (Å²) < 4.78 is 12.4. The Balaban J connectivity index is 1.55. The maximum atomic E-state index is 5.41. The van der Waals surface area contributed by atoms with Crippen molar-refractivity contribution in [3.05, 3.63) is 55.1 Å². The van der Waals surface area contributed by atoms with Gasteiger partial charge in [0.25, 0.3) is 0 Å². The van der Waals surface area contributed by atoms with E-state index in [-0.39, 0.29) is 6.79 Å². The first-order valence-electron chi connectivity index (χ1n) is 7.65. The molecule has 3 aromatic heterocycles. The Morgan fingerprint density at radius 1 is 1.00 bits per heavy atom. The van der Waals surface area contributed by atoms with Crippen LogP contribution >= 0.6 is 0 Å². The minimum absolute atomic E-state index is 0.243. The van der Waals surface area contributed by atoms with Crippen molar-refractivity contribution in [1.29, 1.82) is 0 Å². The molecular weight excluding hydrogens is 320 g/mol. The second-order valence-corrected chi connectivity index (χ2v) is 5.40. The van der Waals surface area contributed by atoms with Crippen molar-refractivity contribution in [2.24, 2.45) is 0 Å². The molecule has 0 saturated heterocycles. The van der Waals surface area contributed by atoms with Crippen LogP contribution in [0.3, 0.4) is 0 Å². The Morgan fingerprint density at radius 2 is 1.96 bits per heavy atom. The number of hydrogen-bond donors (Lipinski definition) is 1. The van der Waals surface area contributed by atoms with Crippen molar-refractivity contribution >= 4 is 22.5 Å². The highest BCUT2D eigenvalue weighted by Crippen LogP contribution is 2.35. The summed E-state index contributed by atoms with van der Waals surface area (Å²) in [6, 6.07) is 11.3. The van der Waals surface area contributed by atoms with Gasteiger partial charge in [0.15, 0.2) is 23.0 Å². The number of nitrogens with zero attached hydrogens (tertiary/aromatic N) is 5.